The lowest BCUT2D eigenvalue weighted by atomic mass is 10.0. The number of nitrogens with one attached hydrogen (secondary N) is 1. The Bertz CT molecular complexity index is 645. The molecule has 1 aliphatic heterocycles. The molecule has 0 spiro atoms. The number of alkyl halides is 3. The van der Waals surface area contributed by atoms with Gasteiger partial charge in [0.2, 0.25) is 0 Å². The Morgan fingerprint density at radius 3 is 2.42 bits per heavy atom. The second-order valence-electron chi connectivity index (χ2n) is 5.03. The predicted octanol–water partition coefficient (Wildman–Crippen LogP) is 2.49. The highest BCUT2D eigenvalue weighted by Gasteiger charge is 2.45. The molecule has 1 N–H and O–H groups in total. The van der Waals surface area contributed by atoms with Crippen LogP contribution in [0, 0.1) is 0 Å². The third-order valence-electron chi connectivity index (χ3n) is 3.28. The molecular formula is C15H13F4NO4. The maximum absolute atomic E-state index is 13.8. The number of rotatable bonds is 3. The standard InChI is InChI=1S/C15H13F4NO4/c1-8-12(24-13(21)9-5-3-2-4-6-9)11(10(16)7-23-8)20-14(22)15(17,18)19/h2-8,11-12H,1H3,(H,20,22)/t8-,11-,12+/m0/s1. The van der Waals surface area contributed by atoms with Crippen LogP contribution in [0.5, 0.6) is 0 Å². The molecule has 1 aromatic rings. The number of carbonyl (C=O) groups excluding carboxylic acids is 2. The van der Waals surface area contributed by atoms with E-state index in [1.54, 1.807) is 18.2 Å². The summed E-state index contributed by atoms with van der Waals surface area (Å²) < 4.78 is 61.0. The van der Waals surface area contributed by atoms with Crippen molar-refractivity contribution in [2.45, 2.75) is 31.3 Å². The lowest BCUT2D eigenvalue weighted by molar-refractivity contribution is -0.175. The van der Waals surface area contributed by atoms with Crippen molar-refractivity contribution >= 4 is 11.9 Å². The fourth-order valence-electron chi connectivity index (χ4n) is 2.05. The second-order valence-corrected chi connectivity index (χ2v) is 5.03. The summed E-state index contributed by atoms with van der Waals surface area (Å²) in [4.78, 5) is 23.1. The lowest BCUT2D eigenvalue weighted by Crippen LogP contribution is -2.55. The van der Waals surface area contributed by atoms with Crippen LogP contribution in [0.4, 0.5) is 17.6 Å². The molecule has 0 saturated carbocycles. The van der Waals surface area contributed by atoms with E-state index in [4.69, 9.17) is 9.47 Å². The summed E-state index contributed by atoms with van der Waals surface area (Å²) in [5, 5.41) is 1.48. The molecule has 0 aliphatic carbocycles. The Kier molecular flexibility index (Phi) is 5.10. The van der Waals surface area contributed by atoms with Crippen molar-refractivity contribution in [1.82, 2.24) is 5.32 Å². The van der Waals surface area contributed by atoms with Gasteiger partial charge < -0.3 is 14.8 Å². The number of amides is 1. The third-order valence-corrected chi connectivity index (χ3v) is 3.28. The maximum Gasteiger partial charge on any atom is 0.471 e. The van der Waals surface area contributed by atoms with Crippen LogP contribution in [0.2, 0.25) is 0 Å². The molecule has 1 heterocycles. The topological polar surface area (TPSA) is 64.6 Å². The summed E-state index contributed by atoms with van der Waals surface area (Å²) in [6.07, 6.45) is -7.04. The van der Waals surface area contributed by atoms with E-state index < -0.39 is 42.1 Å². The minimum absolute atomic E-state index is 0.126. The molecule has 0 unspecified atom stereocenters. The van der Waals surface area contributed by atoms with Crippen molar-refractivity contribution < 1.29 is 36.6 Å². The molecule has 1 aliphatic rings. The summed E-state index contributed by atoms with van der Waals surface area (Å²) in [5.74, 6) is -4.40. The first-order chi connectivity index (χ1) is 11.2. The van der Waals surface area contributed by atoms with Gasteiger partial charge >= 0.3 is 18.1 Å². The van der Waals surface area contributed by atoms with Gasteiger partial charge in [-0.2, -0.15) is 13.2 Å². The number of ether oxygens (including phenoxy) is 2. The third kappa shape index (κ3) is 4.03. The zero-order valence-electron chi connectivity index (χ0n) is 12.3. The highest BCUT2D eigenvalue weighted by molar-refractivity contribution is 5.89. The average Bonchev–Trinajstić information content (AvgIpc) is 2.53. The summed E-state index contributed by atoms with van der Waals surface area (Å²) in [5.41, 5.74) is 0.126. The van der Waals surface area contributed by atoms with Crippen molar-refractivity contribution in [3.05, 3.63) is 48.0 Å². The number of carbonyl (C=O) groups is 2. The molecule has 3 atom stereocenters. The van der Waals surface area contributed by atoms with Gasteiger partial charge in [0.1, 0.15) is 18.4 Å². The van der Waals surface area contributed by atoms with Crippen LogP contribution >= 0.6 is 0 Å². The highest BCUT2D eigenvalue weighted by Crippen LogP contribution is 2.25. The van der Waals surface area contributed by atoms with E-state index in [1.807, 2.05) is 0 Å². The van der Waals surface area contributed by atoms with Crippen molar-refractivity contribution in [2.24, 2.45) is 0 Å². The molecule has 9 heteroatoms. The van der Waals surface area contributed by atoms with Crippen molar-refractivity contribution in [3.8, 4) is 0 Å². The largest absolute Gasteiger partial charge is 0.492 e. The monoisotopic (exact) mass is 347 g/mol. The minimum Gasteiger partial charge on any atom is -0.492 e. The zero-order chi connectivity index (χ0) is 17.9. The normalized spacial score (nSPS) is 23.7. The molecule has 0 fully saturated rings. The first-order valence-electron chi connectivity index (χ1n) is 6.85. The zero-order valence-corrected chi connectivity index (χ0v) is 12.3. The smallest absolute Gasteiger partial charge is 0.471 e. The van der Waals surface area contributed by atoms with Gasteiger partial charge in [0.25, 0.3) is 0 Å². The number of esters is 1. The first-order valence-corrected chi connectivity index (χ1v) is 6.85. The van der Waals surface area contributed by atoms with Crippen LogP contribution in [0.25, 0.3) is 0 Å². The minimum atomic E-state index is -5.20. The Labute approximate surface area is 134 Å². The lowest BCUT2D eigenvalue weighted by Gasteiger charge is -2.34. The quantitative estimate of drug-likeness (QED) is 0.674. The van der Waals surface area contributed by atoms with Crippen LogP contribution in [-0.4, -0.2) is 36.3 Å². The molecule has 5 nitrogen and oxygen atoms in total. The van der Waals surface area contributed by atoms with E-state index in [0.717, 1.165) is 0 Å². The molecule has 2 rings (SSSR count). The molecule has 24 heavy (non-hydrogen) atoms. The Morgan fingerprint density at radius 2 is 1.83 bits per heavy atom. The number of benzene rings is 1. The number of hydrogen-bond acceptors (Lipinski definition) is 4. The highest BCUT2D eigenvalue weighted by atomic mass is 19.4. The molecular weight excluding hydrogens is 334 g/mol. The molecule has 0 saturated heterocycles. The van der Waals surface area contributed by atoms with Gasteiger partial charge in [0, 0.05) is 0 Å². The van der Waals surface area contributed by atoms with Crippen LogP contribution < -0.4 is 5.32 Å². The summed E-state index contributed by atoms with van der Waals surface area (Å²) in [6.45, 7) is 1.37. The Balaban J connectivity index is 2.19. The fourth-order valence-corrected chi connectivity index (χ4v) is 2.05. The summed E-state index contributed by atoms with van der Waals surface area (Å²) >= 11 is 0. The van der Waals surface area contributed by atoms with Crippen LogP contribution in [0.1, 0.15) is 17.3 Å². The van der Waals surface area contributed by atoms with E-state index >= 15 is 0 Å². The van der Waals surface area contributed by atoms with Gasteiger partial charge in [0.05, 0.1) is 5.56 Å². The van der Waals surface area contributed by atoms with Gasteiger partial charge in [-0.1, -0.05) is 18.2 Å². The Hall–Kier alpha value is -2.58. The van der Waals surface area contributed by atoms with E-state index in [0.29, 0.717) is 6.26 Å². The van der Waals surface area contributed by atoms with Crippen molar-refractivity contribution in [2.75, 3.05) is 0 Å². The molecule has 1 amide bonds. The first kappa shape index (κ1) is 17.8. The van der Waals surface area contributed by atoms with Crippen LogP contribution in [-0.2, 0) is 14.3 Å². The summed E-state index contributed by atoms with van der Waals surface area (Å²) in [7, 11) is 0. The molecule has 0 aromatic heterocycles. The van der Waals surface area contributed by atoms with E-state index in [2.05, 4.69) is 0 Å². The van der Waals surface area contributed by atoms with Gasteiger partial charge in [-0.05, 0) is 19.1 Å². The number of halogens is 4. The van der Waals surface area contributed by atoms with Gasteiger partial charge in [0.15, 0.2) is 11.9 Å². The maximum atomic E-state index is 13.8. The van der Waals surface area contributed by atoms with E-state index in [-0.39, 0.29) is 5.56 Å². The SMILES string of the molecule is C[C@@H]1OC=C(F)[C@H](NC(=O)C(F)(F)F)[C@@H]1OC(=O)c1ccccc1. The van der Waals surface area contributed by atoms with E-state index in [9.17, 15) is 27.2 Å². The molecule has 0 bridgehead atoms. The molecule has 130 valence electrons. The van der Waals surface area contributed by atoms with Crippen molar-refractivity contribution in [1.29, 1.82) is 0 Å². The van der Waals surface area contributed by atoms with Crippen LogP contribution in [0.3, 0.4) is 0 Å². The second kappa shape index (κ2) is 6.90. The van der Waals surface area contributed by atoms with Crippen molar-refractivity contribution in [3.63, 3.8) is 0 Å². The molecule has 0 radical (unpaired) electrons. The van der Waals surface area contributed by atoms with Gasteiger partial charge in [-0.3, -0.25) is 4.79 Å². The Morgan fingerprint density at radius 1 is 1.21 bits per heavy atom. The molecule has 1 aromatic carbocycles. The van der Waals surface area contributed by atoms with Gasteiger partial charge in [-0.15, -0.1) is 0 Å². The predicted molar refractivity (Wildman–Crippen MR) is 73.4 cm³/mol. The average molecular weight is 347 g/mol. The fraction of sp³-hybridized carbons (Fsp3) is 0.333. The number of hydrogen-bond donors (Lipinski definition) is 1. The summed E-state index contributed by atoms with van der Waals surface area (Å²) in [6, 6.07) is 5.81. The van der Waals surface area contributed by atoms with Crippen LogP contribution in [0.15, 0.2) is 42.4 Å². The van der Waals surface area contributed by atoms with Gasteiger partial charge in [-0.25, -0.2) is 9.18 Å². The van der Waals surface area contributed by atoms with E-state index in [1.165, 1.54) is 24.4 Å².